The summed E-state index contributed by atoms with van der Waals surface area (Å²) in [7, 11) is 0. The van der Waals surface area contributed by atoms with Gasteiger partial charge in [-0.25, -0.2) is 14.5 Å². The number of nitrogens with one attached hydrogen (secondary N) is 3. The maximum Gasteiger partial charge on any atom is 0.408 e. The smallest absolute Gasteiger partial charge is 0.408 e. The summed E-state index contributed by atoms with van der Waals surface area (Å²) in [5, 5.41) is 17.7. The fourth-order valence-corrected chi connectivity index (χ4v) is 5.66. The number of nitrogens with zero attached hydrogens (tertiary/aromatic N) is 3. The molecule has 3 N–H and O–H groups in total. The van der Waals surface area contributed by atoms with E-state index in [2.05, 4.69) is 15.6 Å². The fraction of sp³-hybridized carbons (Fsp3) is 0.400. The van der Waals surface area contributed by atoms with Crippen molar-refractivity contribution in [3.05, 3.63) is 70.4 Å². The molecule has 2 fully saturated rings. The van der Waals surface area contributed by atoms with Gasteiger partial charge in [-0.2, -0.15) is 0 Å². The molecule has 0 radical (unpaired) electrons. The number of ether oxygens (including phenoxy) is 1. The first-order valence-electron chi connectivity index (χ1n) is 14.1. The Morgan fingerprint density at radius 1 is 1.14 bits per heavy atom. The van der Waals surface area contributed by atoms with E-state index in [0.29, 0.717) is 19.4 Å². The molecule has 5 rings (SSSR count). The number of piperidine rings is 1. The molecule has 0 saturated carbocycles. The fourth-order valence-electron chi connectivity index (χ4n) is 5.66. The summed E-state index contributed by atoms with van der Waals surface area (Å²) in [6.07, 6.45) is 2.33. The van der Waals surface area contributed by atoms with Gasteiger partial charge in [0.1, 0.15) is 11.6 Å². The third-order valence-electron chi connectivity index (χ3n) is 7.60. The Morgan fingerprint density at radius 3 is 2.56 bits per heavy atom. The maximum atomic E-state index is 13.7. The molecule has 3 atom stereocenters. The van der Waals surface area contributed by atoms with Gasteiger partial charge in [-0.05, 0) is 57.4 Å². The number of amides is 5. The van der Waals surface area contributed by atoms with Gasteiger partial charge in [0, 0.05) is 48.2 Å². The van der Waals surface area contributed by atoms with Crippen LogP contribution in [0.25, 0.3) is 10.9 Å². The first-order chi connectivity index (χ1) is 20.4. The molecule has 1 aromatic heterocycles. The number of carbonyl (C=O) groups excluding carboxylic acids is 4. The van der Waals surface area contributed by atoms with Crippen molar-refractivity contribution in [2.75, 3.05) is 11.4 Å². The van der Waals surface area contributed by atoms with E-state index in [1.165, 1.54) is 24.3 Å². The minimum atomic E-state index is -0.990. The highest BCUT2D eigenvalue weighted by atomic mass is 16.6. The summed E-state index contributed by atoms with van der Waals surface area (Å²) >= 11 is 0. The van der Waals surface area contributed by atoms with E-state index in [9.17, 15) is 29.3 Å². The van der Waals surface area contributed by atoms with E-state index in [4.69, 9.17) is 4.74 Å². The second kappa shape index (κ2) is 11.7. The SMILES string of the molecule is CC(C)(C)OC(=O)N[C@@H](Cc1c[nH]c2ccccc12)C(=O)N[C@@H]1CCCN2C(=O)N(c3ccc([N+](=O)[O-])cc3)C(=O)C[C@@H]12. The predicted octanol–water partition coefficient (Wildman–Crippen LogP) is 4.02. The van der Waals surface area contributed by atoms with Crippen molar-refractivity contribution >= 4 is 46.2 Å². The van der Waals surface area contributed by atoms with Crippen molar-refractivity contribution in [2.45, 2.75) is 70.2 Å². The number of hydrogen-bond acceptors (Lipinski definition) is 7. The molecule has 0 bridgehead atoms. The second-order valence-corrected chi connectivity index (χ2v) is 11.8. The Balaban J connectivity index is 1.34. The lowest BCUT2D eigenvalue weighted by molar-refractivity contribution is -0.384. The van der Waals surface area contributed by atoms with Crippen LogP contribution in [0, 0.1) is 10.1 Å². The molecule has 13 nitrogen and oxygen atoms in total. The molecule has 43 heavy (non-hydrogen) atoms. The number of rotatable bonds is 7. The normalized spacial score (nSPS) is 19.5. The molecular formula is C30H34N6O7. The standard InChI is InChI=1S/C30H34N6O7/c1-30(2,3)43-28(39)33-24(15-18-17-31-22-8-5-4-7-21(18)22)27(38)32-23-9-6-14-34-25(23)16-26(37)35(29(34)40)19-10-12-20(13-11-19)36(41)42/h4-5,7-8,10-13,17,23-25,31H,6,9,14-16H2,1-3H3,(H,32,38)(H,33,39)/t23-,24+,25+/m1/s1. The van der Waals surface area contributed by atoms with Gasteiger partial charge in [0.05, 0.1) is 23.1 Å². The third-order valence-corrected chi connectivity index (χ3v) is 7.60. The number of alkyl carbamates (subject to hydrolysis) is 1. The Hall–Kier alpha value is -4.94. The average molecular weight is 591 g/mol. The van der Waals surface area contributed by atoms with Crippen molar-refractivity contribution in [3.8, 4) is 0 Å². The number of aromatic amines is 1. The lowest BCUT2D eigenvalue weighted by Crippen LogP contribution is -2.66. The Kier molecular flexibility index (Phi) is 8.07. The van der Waals surface area contributed by atoms with Gasteiger partial charge in [0.2, 0.25) is 11.8 Å². The minimum Gasteiger partial charge on any atom is -0.444 e. The summed E-state index contributed by atoms with van der Waals surface area (Å²) in [6, 6.07) is 10.2. The molecular weight excluding hydrogens is 556 g/mol. The largest absolute Gasteiger partial charge is 0.444 e. The van der Waals surface area contributed by atoms with E-state index in [0.717, 1.165) is 21.4 Å². The zero-order valence-electron chi connectivity index (χ0n) is 24.2. The highest BCUT2D eigenvalue weighted by Crippen LogP contribution is 2.31. The quantitative estimate of drug-likeness (QED) is 0.276. The van der Waals surface area contributed by atoms with Crippen LogP contribution in [0.4, 0.5) is 21.0 Å². The molecule has 2 aromatic carbocycles. The predicted molar refractivity (Wildman–Crippen MR) is 157 cm³/mol. The summed E-state index contributed by atoms with van der Waals surface area (Å²) in [5.74, 6) is -0.927. The monoisotopic (exact) mass is 590 g/mol. The summed E-state index contributed by atoms with van der Waals surface area (Å²) < 4.78 is 5.43. The zero-order chi connectivity index (χ0) is 30.9. The van der Waals surface area contributed by atoms with Gasteiger partial charge >= 0.3 is 12.1 Å². The van der Waals surface area contributed by atoms with Gasteiger partial charge < -0.3 is 25.3 Å². The number of carbonyl (C=O) groups is 4. The van der Waals surface area contributed by atoms with Crippen LogP contribution in [-0.4, -0.2) is 69.0 Å². The van der Waals surface area contributed by atoms with Crippen LogP contribution >= 0.6 is 0 Å². The molecule has 5 amide bonds. The number of benzene rings is 2. The number of imide groups is 1. The number of hydrogen-bond donors (Lipinski definition) is 3. The van der Waals surface area contributed by atoms with Crippen LogP contribution in [0.5, 0.6) is 0 Å². The van der Waals surface area contributed by atoms with Gasteiger partial charge in [0.15, 0.2) is 0 Å². The van der Waals surface area contributed by atoms with E-state index in [1.54, 1.807) is 31.9 Å². The third kappa shape index (κ3) is 6.45. The molecule has 226 valence electrons. The van der Waals surface area contributed by atoms with Crippen molar-refractivity contribution in [1.82, 2.24) is 20.5 Å². The molecule has 2 aliphatic rings. The summed E-state index contributed by atoms with van der Waals surface area (Å²) in [5.41, 5.74) is 1.05. The highest BCUT2D eigenvalue weighted by molar-refractivity contribution is 6.16. The van der Waals surface area contributed by atoms with Gasteiger partial charge in [-0.1, -0.05) is 18.2 Å². The van der Waals surface area contributed by atoms with Crippen LogP contribution < -0.4 is 15.5 Å². The number of nitro benzene ring substituents is 1. The zero-order valence-corrected chi connectivity index (χ0v) is 24.2. The van der Waals surface area contributed by atoms with Crippen LogP contribution in [0.15, 0.2) is 54.7 Å². The van der Waals surface area contributed by atoms with Crippen molar-refractivity contribution < 1.29 is 28.8 Å². The first-order valence-corrected chi connectivity index (χ1v) is 14.1. The average Bonchev–Trinajstić information content (AvgIpc) is 3.35. The molecule has 13 heteroatoms. The minimum absolute atomic E-state index is 0.0414. The first kappa shape index (κ1) is 29.5. The van der Waals surface area contributed by atoms with Crippen molar-refractivity contribution in [2.24, 2.45) is 0 Å². The number of non-ortho nitro benzene ring substituents is 1. The second-order valence-electron chi connectivity index (χ2n) is 11.8. The van der Waals surface area contributed by atoms with Crippen LogP contribution in [0.3, 0.4) is 0 Å². The molecule has 0 unspecified atom stereocenters. The van der Waals surface area contributed by atoms with E-state index >= 15 is 0 Å². The number of H-pyrrole nitrogens is 1. The topological polar surface area (TPSA) is 167 Å². The summed E-state index contributed by atoms with van der Waals surface area (Å²) in [6.45, 7) is 5.58. The lowest BCUT2D eigenvalue weighted by Gasteiger charge is -2.46. The van der Waals surface area contributed by atoms with E-state index in [-0.39, 0.29) is 24.2 Å². The number of para-hydroxylation sites is 1. The number of nitro groups is 1. The van der Waals surface area contributed by atoms with E-state index in [1.807, 2.05) is 24.3 Å². The van der Waals surface area contributed by atoms with Crippen molar-refractivity contribution in [3.63, 3.8) is 0 Å². The van der Waals surface area contributed by atoms with Crippen LogP contribution in [0.2, 0.25) is 0 Å². The van der Waals surface area contributed by atoms with Gasteiger partial charge in [-0.15, -0.1) is 0 Å². The Bertz CT molecular complexity index is 1560. The Morgan fingerprint density at radius 2 is 1.86 bits per heavy atom. The molecule has 0 spiro atoms. The molecule has 3 aromatic rings. The van der Waals surface area contributed by atoms with Gasteiger partial charge in [-0.3, -0.25) is 19.7 Å². The lowest BCUT2D eigenvalue weighted by atomic mass is 9.91. The van der Waals surface area contributed by atoms with Crippen molar-refractivity contribution in [1.29, 1.82) is 0 Å². The van der Waals surface area contributed by atoms with Gasteiger partial charge in [0.25, 0.3) is 5.69 Å². The Labute approximate surface area is 247 Å². The van der Waals surface area contributed by atoms with Crippen LogP contribution in [-0.2, 0) is 20.7 Å². The number of anilines is 1. The number of aromatic nitrogens is 1. The summed E-state index contributed by atoms with van der Waals surface area (Å²) in [4.78, 5) is 69.4. The molecule has 0 aliphatic carbocycles. The molecule has 2 saturated heterocycles. The van der Waals surface area contributed by atoms with Crippen LogP contribution in [0.1, 0.15) is 45.6 Å². The van der Waals surface area contributed by atoms with E-state index < -0.39 is 52.6 Å². The highest BCUT2D eigenvalue weighted by Gasteiger charge is 2.45. The molecule has 3 heterocycles. The number of urea groups is 1. The molecule has 2 aliphatic heterocycles. The maximum absolute atomic E-state index is 13.7. The number of fused-ring (bicyclic) bond motifs is 2.